The summed E-state index contributed by atoms with van der Waals surface area (Å²) in [6, 6.07) is 8.23. The Bertz CT molecular complexity index is 664. The van der Waals surface area contributed by atoms with Crippen molar-refractivity contribution in [2.24, 2.45) is 0 Å². The molecule has 2 N–H and O–H groups in total. The molecular formula is C14H13ClN2O3. The van der Waals surface area contributed by atoms with Crippen molar-refractivity contribution < 1.29 is 14.7 Å². The van der Waals surface area contributed by atoms with E-state index < -0.39 is 5.97 Å². The van der Waals surface area contributed by atoms with Gasteiger partial charge in [0, 0.05) is 16.9 Å². The van der Waals surface area contributed by atoms with E-state index in [0.717, 1.165) is 5.56 Å². The molecule has 0 atom stereocenters. The number of nitrogens with one attached hydrogen (secondary N) is 1. The molecule has 104 valence electrons. The quantitative estimate of drug-likeness (QED) is 0.910. The molecule has 5 nitrogen and oxygen atoms in total. The summed E-state index contributed by atoms with van der Waals surface area (Å²) in [4.78, 5) is 22.8. The summed E-state index contributed by atoms with van der Waals surface area (Å²) in [5.41, 5.74) is 1.57. The Morgan fingerprint density at radius 3 is 2.75 bits per heavy atom. The van der Waals surface area contributed by atoms with Crippen molar-refractivity contribution in [2.75, 3.05) is 5.32 Å². The fourth-order valence-electron chi connectivity index (χ4n) is 1.77. The molecule has 1 aromatic heterocycles. The minimum atomic E-state index is -1.07. The fourth-order valence-corrected chi connectivity index (χ4v) is 1.95. The minimum absolute atomic E-state index is 0.0693. The Morgan fingerprint density at radius 2 is 2.10 bits per heavy atom. The van der Waals surface area contributed by atoms with Crippen LogP contribution >= 0.6 is 11.6 Å². The van der Waals surface area contributed by atoms with E-state index in [-0.39, 0.29) is 18.1 Å². The molecule has 20 heavy (non-hydrogen) atoms. The first-order valence-electron chi connectivity index (χ1n) is 5.92. The van der Waals surface area contributed by atoms with Crippen LogP contribution in [0.5, 0.6) is 0 Å². The second-order valence-electron chi connectivity index (χ2n) is 4.34. The number of hydrogen-bond donors (Lipinski definition) is 2. The van der Waals surface area contributed by atoms with Crippen molar-refractivity contribution in [2.45, 2.75) is 13.5 Å². The smallest absolute Gasteiger partial charge is 0.352 e. The van der Waals surface area contributed by atoms with Crippen molar-refractivity contribution in [3.8, 4) is 0 Å². The van der Waals surface area contributed by atoms with Crippen molar-refractivity contribution in [3.05, 3.63) is 52.8 Å². The molecule has 2 aromatic rings. The maximum atomic E-state index is 11.9. The van der Waals surface area contributed by atoms with E-state index in [0.29, 0.717) is 10.7 Å². The number of halogens is 1. The molecule has 0 saturated heterocycles. The molecule has 1 amide bonds. The molecule has 0 unspecified atom stereocenters. The van der Waals surface area contributed by atoms with Crippen LogP contribution in [-0.4, -0.2) is 21.6 Å². The number of aryl methyl sites for hydroxylation is 1. The molecule has 0 radical (unpaired) electrons. The van der Waals surface area contributed by atoms with Gasteiger partial charge in [0.25, 0.3) is 0 Å². The number of benzene rings is 1. The highest BCUT2D eigenvalue weighted by Gasteiger charge is 2.11. The molecule has 0 bridgehead atoms. The maximum Gasteiger partial charge on any atom is 0.352 e. The number of carboxylic acid groups (broad SMARTS) is 1. The van der Waals surface area contributed by atoms with Gasteiger partial charge in [-0.3, -0.25) is 4.79 Å². The topological polar surface area (TPSA) is 71.3 Å². The van der Waals surface area contributed by atoms with Gasteiger partial charge >= 0.3 is 5.97 Å². The van der Waals surface area contributed by atoms with Crippen molar-refractivity contribution in [1.82, 2.24) is 4.57 Å². The van der Waals surface area contributed by atoms with Crippen LogP contribution in [0.3, 0.4) is 0 Å². The number of aromatic nitrogens is 1. The van der Waals surface area contributed by atoms with Crippen LogP contribution in [0.4, 0.5) is 5.69 Å². The highest BCUT2D eigenvalue weighted by molar-refractivity contribution is 6.31. The van der Waals surface area contributed by atoms with Gasteiger partial charge in [0.2, 0.25) is 5.91 Å². The summed E-state index contributed by atoms with van der Waals surface area (Å²) >= 11 is 5.97. The predicted molar refractivity (Wildman–Crippen MR) is 76.2 cm³/mol. The average Bonchev–Trinajstić information content (AvgIpc) is 2.82. The molecule has 2 rings (SSSR count). The zero-order valence-electron chi connectivity index (χ0n) is 10.8. The largest absolute Gasteiger partial charge is 0.477 e. The Hall–Kier alpha value is -2.27. The van der Waals surface area contributed by atoms with Crippen LogP contribution in [0.25, 0.3) is 0 Å². The minimum Gasteiger partial charge on any atom is -0.477 e. The Labute approximate surface area is 120 Å². The SMILES string of the molecule is Cc1ccc(NC(=O)Cn2cccc2C(=O)O)cc1Cl. The average molecular weight is 293 g/mol. The van der Waals surface area contributed by atoms with E-state index in [1.807, 2.05) is 6.92 Å². The zero-order valence-corrected chi connectivity index (χ0v) is 11.5. The van der Waals surface area contributed by atoms with E-state index in [1.165, 1.54) is 10.6 Å². The normalized spacial score (nSPS) is 10.3. The van der Waals surface area contributed by atoms with Gasteiger partial charge in [0.1, 0.15) is 12.2 Å². The van der Waals surface area contributed by atoms with Crippen LogP contribution in [0, 0.1) is 6.92 Å². The molecule has 0 aliphatic carbocycles. The van der Waals surface area contributed by atoms with Crippen molar-refractivity contribution >= 4 is 29.2 Å². The molecule has 0 fully saturated rings. The van der Waals surface area contributed by atoms with Gasteiger partial charge in [-0.15, -0.1) is 0 Å². The third-order valence-corrected chi connectivity index (χ3v) is 3.23. The molecular weight excluding hydrogens is 280 g/mol. The summed E-state index contributed by atoms with van der Waals surface area (Å²) in [6.45, 7) is 1.80. The summed E-state index contributed by atoms with van der Waals surface area (Å²) in [7, 11) is 0. The molecule has 6 heteroatoms. The first kappa shape index (κ1) is 14.1. The number of anilines is 1. The molecule has 0 spiro atoms. The van der Waals surface area contributed by atoms with Gasteiger partial charge in [-0.25, -0.2) is 4.79 Å². The number of carboxylic acids is 1. The van der Waals surface area contributed by atoms with Crippen LogP contribution in [0.2, 0.25) is 5.02 Å². The fraction of sp³-hybridized carbons (Fsp3) is 0.143. The number of rotatable bonds is 4. The third kappa shape index (κ3) is 3.19. The molecule has 0 saturated carbocycles. The summed E-state index contributed by atoms with van der Waals surface area (Å²) in [6.07, 6.45) is 1.55. The van der Waals surface area contributed by atoms with Crippen LogP contribution in [0.15, 0.2) is 36.5 Å². The van der Waals surface area contributed by atoms with Gasteiger partial charge in [-0.05, 0) is 36.8 Å². The Balaban J connectivity index is 2.07. The van der Waals surface area contributed by atoms with Gasteiger partial charge in [-0.2, -0.15) is 0 Å². The van der Waals surface area contributed by atoms with E-state index in [4.69, 9.17) is 16.7 Å². The summed E-state index contributed by atoms with van der Waals surface area (Å²) < 4.78 is 1.37. The molecule has 1 heterocycles. The number of aromatic carboxylic acids is 1. The lowest BCUT2D eigenvalue weighted by Crippen LogP contribution is -2.20. The number of hydrogen-bond acceptors (Lipinski definition) is 2. The lowest BCUT2D eigenvalue weighted by atomic mass is 10.2. The van der Waals surface area contributed by atoms with Crippen LogP contribution in [0.1, 0.15) is 16.1 Å². The van der Waals surface area contributed by atoms with Gasteiger partial charge in [-0.1, -0.05) is 17.7 Å². The van der Waals surface area contributed by atoms with Crippen molar-refractivity contribution in [1.29, 1.82) is 0 Å². The van der Waals surface area contributed by atoms with E-state index in [9.17, 15) is 9.59 Å². The monoisotopic (exact) mass is 292 g/mol. The second kappa shape index (κ2) is 5.79. The van der Waals surface area contributed by atoms with Crippen LogP contribution in [-0.2, 0) is 11.3 Å². The maximum absolute atomic E-state index is 11.9. The van der Waals surface area contributed by atoms with E-state index in [1.54, 1.807) is 30.5 Å². The number of carbonyl (C=O) groups excluding carboxylic acids is 1. The first-order valence-corrected chi connectivity index (χ1v) is 6.29. The first-order chi connectivity index (χ1) is 9.47. The number of carbonyl (C=O) groups is 2. The molecule has 0 aliphatic heterocycles. The Kier molecular flexibility index (Phi) is 4.10. The van der Waals surface area contributed by atoms with E-state index in [2.05, 4.69) is 5.32 Å². The predicted octanol–water partition coefficient (Wildman–Crippen LogP) is 2.79. The van der Waals surface area contributed by atoms with E-state index >= 15 is 0 Å². The lowest BCUT2D eigenvalue weighted by Gasteiger charge is -2.09. The van der Waals surface area contributed by atoms with Gasteiger partial charge in [0.15, 0.2) is 0 Å². The Morgan fingerprint density at radius 1 is 1.35 bits per heavy atom. The highest BCUT2D eigenvalue weighted by Crippen LogP contribution is 2.20. The lowest BCUT2D eigenvalue weighted by molar-refractivity contribution is -0.116. The number of amides is 1. The number of nitrogens with zero attached hydrogens (tertiary/aromatic N) is 1. The van der Waals surface area contributed by atoms with Gasteiger partial charge in [0.05, 0.1) is 0 Å². The highest BCUT2D eigenvalue weighted by atomic mass is 35.5. The zero-order chi connectivity index (χ0) is 14.7. The van der Waals surface area contributed by atoms with Crippen LogP contribution < -0.4 is 5.32 Å². The molecule has 0 aliphatic rings. The van der Waals surface area contributed by atoms with Gasteiger partial charge < -0.3 is 15.0 Å². The standard InChI is InChI=1S/C14H13ClN2O3/c1-9-4-5-10(7-11(9)15)16-13(18)8-17-6-2-3-12(17)14(19)20/h2-7H,8H2,1H3,(H,16,18)(H,19,20). The summed E-state index contributed by atoms with van der Waals surface area (Å²) in [5.74, 6) is -1.38. The second-order valence-corrected chi connectivity index (χ2v) is 4.75. The third-order valence-electron chi connectivity index (χ3n) is 2.82. The summed E-state index contributed by atoms with van der Waals surface area (Å²) in [5, 5.41) is 12.2. The molecule has 1 aromatic carbocycles. The van der Waals surface area contributed by atoms with Crippen molar-refractivity contribution in [3.63, 3.8) is 0 Å².